The fourth-order valence-corrected chi connectivity index (χ4v) is 7.26. The molecule has 2 aromatic heterocycles. The molecule has 0 unspecified atom stereocenters. The third kappa shape index (κ3) is 4.24. The van der Waals surface area contributed by atoms with Gasteiger partial charge in [-0.3, -0.25) is 0 Å². The predicted molar refractivity (Wildman–Crippen MR) is 196 cm³/mol. The van der Waals surface area contributed by atoms with Crippen LogP contribution in [0.1, 0.15) is 27.7 Å². The Morgan fingerprint density at radius 1 is 0.468 bits per heavy atom. The minimum absolute atomic E-state index is 0.400. The Morgan fingerprint density at radius 2 is 1.02 bits per heavy atom. The molecule has 5 heteroatoms. The lowest BCUT2D eigenvalue weighted by Gasteiger charge is -2.32. The predicted octanol–water partition coefficient (Wildman–Crippen LogP) is 9.85. The van der Waals surface area contributed by atoms with Gasteiger partial charge >= 0.3 is 7.12 Å². The smallest absolute Gasteiger partial charge is 0.399 e. The van der Waals surface area contributed by atoms with E-state index in [1.165, 1.54) is 43.7 Å². The Labute approximate surface area is 274 Å². The maximum atomic E-state index is 6.46. The largest absolute Gasteiger partial charge is 0.494 e. The third-order valence-corrected chi connectivity index (χ3v) is 10.4. The number of aromatic nitrogens is 2. The number of para-hydroxylation sites is 3. The van der Waals surface area contributed by atoms with Crippen molar-refractivity contribution >= 4 is 56.2 Å². The van der Waals surface area contributed by atoms with Crippen LogP contribution < -0.4 is 5.46 Å². The Kier molecular flexibility index (Phi) is 6.11. The molecule has 9 rings (SSSR count). The topological polar surface area (TPSA) is 28.3 Å². The first-order valence-electron chi connectivity index (χ1n) is 16.4. The van der Waals surface area contributed by atoms with E-state index in [4.69, 9.17) is 9.31 Å². The molecule has 1 saturated heterocycles. The molecule has 0 spiro atoms. The summed E-state index contributed by atoms with van der Waals surface area (Å²) in [6, 6.07) is 50.3. The van der Waals surface area contributed by atoms with Crippen LogP contribution in [-0.4, -0.2) is 27.5 Å². The second-order valence-electron chi connectivity index (χ2n) is 13.7. The number of rotatable bonds is 4. The second kappa shape index (κ2) is 10.2. The molecule has 0 aliphatic carbocycles. The van der Waals surface area contributed by atoms with Crippen LogP contribution in [0.3, 0.4) is 0 Å². The molecule has 3 heterocycles. The molecule has 0 amide bonds. The maximum Gasteiger partial charge on any atom is 0.494 e. The standard InChI is InChI=1S/C42H35BN2O2/c1-41(2)42(3,4)47-43(46-41)30-23-26-38-35(27-30)33-16-9-11-19-37(33)45(38)39-20-12-17-34-32-15-8-10-18-36(32)44(40(34)39)31-24-21-29(22-25-31)28-13-6-5-7-14-28/h5-27H,1-4H3. The van der Waals surface area contributed by atoms with Gasteiger partial charge in [-0.15, -0.1) is 0 Å². The van der Waals surface area contributed by atoms with Gasteiger partial charge in [-0.05, 0) is 80.7 Å². The van der Waals surface area contributed by atoms with Crippen LogP contribution in [0, 0.1) is 0 Å². The molecular weight excluding hydrogens is 575 g/mol. The number of fused-ring (bicyclic) bond motifs is 6. The van der Waals surface area contributed by atoms with Crippen molar-refractivity contribution in [1.29, 1.82) is 0 Å². The van der Waals surface area contributed by atoms with Gasteiger partial charge in [0.05, 0.1) is 39.0 Å². The summed E-state index contributed by atoms with van der Waals surface area (Å²) in [4.78, 5) is 0. The van der Waals surface area contributed by atoms with Crippen LogP contribution in [0.25, 0.3) is 66.1 Å². The molecule has 0 radical (unpaired) electrons. The molecule has 228 valence electrons. The van der Waals surface area contributed by atoms with Crippen molar-refractivity contribution in [2.45, 2.75) is 38.9 Å². The van der Waals surface area contributed by atoms with Crippen molar-refractivity contribution in [2.75, 3.05) is 0 Å². The third-order valence-electron chi connectivity index (χ3n) is 10.4. The molecule has 0 bridgehead atoms. The van der Waals surface area contributed by atoms with Gasteiger partial charge in [0.1, 0.15) is 0 Å². The first kappa shape index (κ1) is 28.2. The van der Waals surface area contributed by atoms with Gasteiger partial charge in [-0.2, -0.15) is 0 Å². The lowest BCUT2D eigenvalue weighted by atomic mass is 9.78. The summed E-state index contributed by atoms with van der Waals surface area (Å²) < 4.78 is 17.8. The van der Waals surface area contributed by atoms with Gasteiger partial charge < -0.3 is 18.4 Å². The van der Waals surface area contributed by atoms with Crippen molar-refractivity contribution in [3.63, 3.8) is 0 Å². The Bertz CT molecular complexity index is 2460. The maximum absolute atomic E-state index is 6.46. The first-order valence-corrected chi connectivity index (χ1v) is 16.4. The van der Waals surface area contributed by atoms with Crippen LogP contribution in [0.15, 0.2) is 140 Å². The van der Waals surface area contributed by atoms with E-state index >= 15 is 0 Å². The van der Waals surface area contributed by atoms with E-state index in [1.54, 1.807) is 0 Å². The summed E-state index contributed by atoms with van der Waals surface area (Å²) in [5.41, 5.74) is 9.60. The van der Waals surface area contributed by atoms with E-state index < -0.39 is 18.3 Å². The zero-order chi connectivity index (χ0) is 31.9. The summed E-state index contributed by atoms with van der Waals surface area (Å²) in [6.07, 6.45) is 0. The SMILES string of the molecule is CC1(C)OB(c2ccc3c(c2)c2ccccc2n3-c2cccc3c4ccccc4n(-c4ccc(-c5ccccc5)cc4)c23)OC1(C)C. The highest BCUT2D eigenvalue weighted by Crippen LogP contribution is 2.41. The number of nitrogens with zero attached hydrogens (tertiary/aromatic N) is 2. The molecule has 6 aromatic carbocycles. The van der Waals surface area contributed by atoms with E-state index in [-0.39, 0.29) is 0 Å². The Balaban J connectivity index is 1.28. The van der Waals surface area contributed by atoms with Gasteiger partial charge in [0.2, 0.25) is 0 Å². The molecule has 0 N–H and O–H groups in total. The fraction of sp³-hybridized carbons (Fsp3) is 0.143. The second-order valence-corrected chi connectivity index (χ2v) is 13.7. The average molecular weight is 611 g/mol. The lowest BCUT2D eigenvalue weighted by molar-refractivity contribution is 0.00578. The zero-order valence-electron chi connectivity index (χ0n) is 27.1. The molecule has 4 nitrogen and oxygen atoms in total. The molecule has 1 aliphatic rings. The van der Waals surface area contributed by atoms with Crippen molar-refractivity contribution in [3.05, 3.63) is 140 Å². The van der Waals surface area contributed by atoms with Crippen LogP contribution >= 0.6 is 0 Å². The quantitative estimate of drug-likeness (QED) is 0.186. The normalized spacial score (nSPS) is 15.8. The highest BCUT2D eigenvalue weighted by molar-refractivity contribution is 6.62. The summed E-state index contributed by atoms with van der Waals surface area (Å²) in [6.45, 7) is 8.41. The lowest BCUT2D eigenvalue weighted by Crippen LogP contribution is -2.41. The van der Waals surface area contributed by atoms with Crippen molar-refractivity contribution in [3.8, 4) is 22.5 Å². The number of benzene rings is 6. The Hall–Kier alpha value is -5.10. The molecule has 0 atom stereocenters. The molecule has 0 saturated carbocycles. The number of hydrogen-bond acceptors (Lipinski definition) is 2. The monoisotopic (exact) mass is 610 g/mol. The van der Waals surface area contributed by atoms with E-state index in [2.05, 4.69) is 176 Å². The van der Waals surface area contributed by atoms with Gasteiger partial charge in [0, 0.05) is 27.2 Å². The van der Waals surface area contributed by atoms with Crippen LogP contribution in [0.2, 0.25) is 0 Å². The number of hydrogen-bond donors (Lipinski definition) is 0. The zero-order valence-corrected chi connectivity index (χ0v) is 27.1. The van der Waals surface area contributed by atoms with E-state index in [1.807, 2.05) is 0 Å². The van der Waals surface area contributed by atoms with E-state index in [9.17, 15) is 0 Å². The van der Waals surface area contributed by atoms with Crippen LogP contribution in [0.4, 0.5) is 0 Å². The fourth-order valence-electron chi connectivity index (χ4n) is 7.26. The van der Waals surface area contributed by atoms with Crippen LogP contribution in [0.5, 0.6) is 0 Å². The summed E-state index contributed by atoms with van der Waals surface area (Å²) in [7, 11) is -0.420. The summed E-state index contributed by atoms with van der Waals surface area (Å²) in [5.74, 6) is 0. The van der Waals surface area contributed by atoms with Crippen molar-refractivity contribution in [2.24, 2.45) is 0 Å². The van der Waals surface area contributed by atoms with Gasteiger partial charge in [-0.1, -0.05) is 103 Å². The molecule has 1 fully saturated rings. The van der Waals surface area contributed by atoms with E-state index in [0.29, 0.717) is 0 Å². The minimum Gasteiger partial charge on any atom is -0.399 e. The van der Waals surface area contributed by atoms with Gasteiger partial charge in [0.15, 0.2) is 0 Å². The molecule has 1 aliphatic heterocycles. The van der Waals surface area contributed by atoms with Crippen molar-refractivity contribution in [1.82, 2.24) is 9.13 Å². The molecular formula is C42H35BN2O2. The first-order chi connectivity index (χ1) is 22.8. The van der Waals surface area contributed by atoms with Gasteiger partial charge in [0.25, 0.3) is 0 Å². The van der Waals surface area contributed by atoms with E-state index in [0.717, 1.165) is 27.9 Å². The summed E-state index contributed by atoms with van der Waals surface area (Å²) in [5, 5.41) is 4.85. The Morgan fingerprint density at radius 3 is 1.72 bits per heavy atom. The molecule has 8 aromatic rings. The van der Waals surface area contributed by atoms with Gasteiger partial charge in [-0.25, -0.2) is 0 Å². The van der Waals surface area contributed by atoms with Crippen LogP contribution in [-0.2, 0) is 9.31 Å². The average Bonchev–Trinajstić information content (AvgIpc) is 3.68. The minimum atomic E-state index is -0.420. The molecule has 47 heavy (non-hydrogen) atoms. The summed E-state index contributed by atoms with van der Waals surface area (Å²) >= 11 is 0. The van der Waals surface area contributed by atoms with Crippen molar-refractivity contribution < 1.29 is 9.31 Å². The highest BCUT2D eigenvalue weighted by atomic mass is 16.7. The highest BCUT2D eigenvalue weighted by Gasteiger charge is 2.51.